The summed E-state index contributed by atoms with van der Waals surface area (Å²) in [5.41, 5.74) is 2.64. The maximum atomic E-state index is 11.6. The molecule has 0 saturated heterocycles. The highest BCUT2D eigenvalue weighted by Crippen LogP contribution is 2.24. The summed E-state index contributed by atoms with van der Waals surface area (Å²) < 4.78 is 0. The maximum absolute atomic E-state index is 11.6. The molecule has 2 rings (SSSR count). The summed E-state index contributed by atoms with van der Waals surface area (Å²) in [6.45, 7) is 5.25. The van der Waals surface area contributed by atoms with Crippen molar-refractivity contribution >= 4 is 11.6 Å². The van der Waals surface area contributed by atoms with Crippen LogP contribution in [-0.2, 0) is 4.79 Å². The first-order chi connectivity index (χ1) is 9.58. The fourth-order valence-electron chi connectivity index (χ4n) is 1.85. The van der Waals surface area contributed by atoms with Gasteiger partial charge >= 0.3 is 0 Å². The Labute approximate surface area is 118 Å². The van der Waals surface area contributed by atoms with Gasteiger partial charge in [0.15, 0.2) is 0 Å². The Morgan fingerprint density at radius 3 is 2.40 bits per heavy atom. The molecule has 0 radical (unpaired) electrons. The molecule has 2 aromatic rings. The average Bonchev–Trinajstić information content (AvgIpc) is 2.47. The molecule has 0 saturated carbocycles. The molecule has 3 heteroatoms. The summed E-state index contributed by atoms with van der Waals surface area (Å²) in [7, 11) is 0. The van der Waals surface area contributed by atoms with Crippen molar-refractivity contribution in [3.8, 4) is 0 Å². The maximum Gasteiger partial charge on any atom is 0.250 e. The van der Waals surface area contributed by atoms with Gasteiger partial charge in [0.25, 0.3) is 5.91 Å². The molecule has 0 aromatic heterocycles. The minimum absolute atomic E-state index is 0.226. The van der Waals surface area contributed by atoms with Crippen LogP contribution in [0.25, 0.3) is 0 Å². The summed E-state index contributed by atoms with van der Waals surface area (Å²) in [5.74, 6) is -0.226. The molecule has 2 N–H and O–H groups in total. The van der Waals surface area contributed by atoms with E-state index >= 15 is 0 Å². The fourth-order valence-corrected chi connectivity index (χ4v) is 1.85. The van der Waals surface area contributed by atoms with Crippen LogP contribution in [-0.4, -0.2) is 11.0 Å². The van der Waals surface area contributed by atoms with Crippen molar-refractivity contribution in [3.05, 3.63) is 77.9 Å². The Morgan fingerprint density at radius 1 is 1.10 bits per heavy atom. The molecule has 0 spiro atoms. The molecule has 1 unspecified atom stereocenters. The van der Waals surface area contributed by atoms with Gasteiger partial charge in [0.05, 0.1) is 0 Å². The lowest BCUT2D eigenvalue weighted by molar-refractivity contribution is -0.112. The molecule has 1 amide bonds. The van der Waals surface area contributed by atoms with Crippen molar-refractivity contribution in [3.63, 3.8) is 0 Å². The van der Waals surface area contributed by atoms with E-state index in [1.807, 2.05) is 36.4 Å². The monoisotopic (exact) mass is 267 g/mol. The Hall–Kier alpha value is -2.39. The topological polar surface area (TPSA) is 49.3 Å². The second-order valence-corrected chi connectivity index (χ2v) is 4.67. The fraction of sp³-hybridized carbons (Fsp3) is 0.118. The SMILES string of the molecule is C=C(C)C(=O)Nc1cccc(C(O)c2ccccc2)c1. The van der Waals surface area contributed by atoms with Crippen molar-refractivity contribution in [1.29, 1.82) is 0 Å². The number of aliphatic hydroxyl groups is 1. The molecule has 3 nitrogen and oxygen atoms in total. The second kappa shape index (κ2) is 6.17. The van der Waals surface area contributed by atoms with Crippen LogP contribution in [0.3, 0.4) is 0 Å². The lowest BCUT2D eigenvalue weighted by Crippen LogP contribution is -2.12. The molecule has 0 bridgehead atoms. The largest absolute Gasteiger partial charge is 0.384 e. The quantitative estimate of drug-likeness (QED) is 0.835. The lowest BCUT2D eigenvalue weighted by atomic mass is 10.0. The predicted octanol–water partition coefficient (Wildman–Crippen LogP) is 3.28. The van der Waals surface area contributed by atoms with Gasteiger partial charge in [-0.15, -0.1) is 0 Å². The van der Waals surface area contributed by atoms with E-state index in [1.165, 1.54) is 0 Å². The van der Waals surface area contributed by atoms with E-state index in [0.717, 1.165) is 11.1 Å². The summed E-state index contributed by atoms with van der Waals surface area (Å²) in [4.78, 5) is 11.6. The lowest BCUT2D eigenvalue weighted by Gasteiger charge is -2.13. The first-order valence-electron chi connectivity index (χ1n) is 6.38. The van der Waals surface area contributed by atoms with Crippen molar-refractivity contribution in [2.75, 3.05) is 5.32 Å². The van der Waals surface area contributed by atoms with Crippen molar-refractivity contribution in [1.82, 2.24) is 0 Å². The van der Waals surface area contributed by atoms with E-state index in [9.17, 15) is 9.90 Å². The van der Waals surface area contributed by atoms with E-state index in [4.69, 9.17) is 0 Å². The van der Waals surface area contributed by atoms with Crippen LogP contribution in [0.5, 0.6) is 0 Å². The number of benzene rings is 2. The molecule has 2 aromatic carbocycles. The smallest absolute Gasteiger partial charge is 0.250 e. The number of amides is 1. The van der Waals surface area contributed by atoms with Gasteiger partial charge in [0.1, 0.15) is 6.10 Å². The molecule has 0 aliphatic rings. The number of carbonyl (C=O) groups excluding carboxylic acids is 1. The van der Waals surface area contributed by atoms with E-state index in [0.29, 0.717) is 11.3 Å². The number of nitrogens with one attached hydrogen (secondary N) is 1. The van der Waals surface area contributed by atoms with Crippen molar-refractivity contribution < 1.29 is 9.90 Å². The third kappa shape index (κ3) is 3.33. The number of rotatable bonds is 4. The van der Waals surface area contributed by atoms with Crippen LogP contribution < -0.4 is 5.32 Å². The van der Waals surface area contributed by atoms with Crippen LogP contribution in [0.4, 0.5) is 5.69 Å². The van der Waals surface area contributed by atoms with Crippen molar-refractivity contribution in [2.24, 2.45) is 0 Å². The van der Waals surface area contributed by atoms with Gasteiger partial charge < -0.3 is 10.4 Å². The van der Waals surface area contributed by atoms with Gasteiger partial charge in [-0.05, 0) is 30.2 Å². The summed E-state index contributed by atoms with van der Waals surface area (Å²) in [6.07, 6.45) is -0.710. The van der Waals surface area contributed by atoms with Gasteiger partial charge in [-0.1, -0.05) is 49.0 Å². The van der Waals surface area contributed by atoms with Crippen LogP contribution in [0.15, 0.2) is 66.7 Å². The van der Waals surface area contributed by atoms with Gasteiger partial charge in [-0.2, -0.15) is 0 Å². The predicted molar refractivity (Wildman–Crippen MR) is 80.4 cm³/mol. The molecule has 0 heterocycles. The number of carbonyl (C=O) groups is 1. The minimum atomic E-state index is -0.710. The van der Waals surface area contributed by atoms with E-state index in [2.05, 4.69) is 11.9 Å². The standard InChI is InChI=1S/C17H17NO2/c1-12(2)17(20)18-15-10-6-9-14(11-15)16(19)13-7-4-3-5-8-13/h3-11,16,19H,1H2,2H3,(H,18,20). The van der Waals surface area contributed by atoms with Crippen LogP contribution in [0.2, 0.25) is 0 Å². The van der Waals surface area contributed by atoms with E-state index in [-0.39, 0.29) is 5.91 Å². The Kier molecular flexibility index (Phi) is 4.33. The molecule has 20 heavy (non-hydrogen) atoms. The molecule has 0 aliphatic heterocycles. The number of hydrogen-bond donors (Lipinski definition) is 2. The summed E-state index contributed by atoms with van der Waals surface area (Å²) in [5, 5.41) is 13.1. The highest BCUT2D eigenvalue weighted by Gasteiger charge is 2.11. The first-order valence-corrected chi connectivity index (χ1v) is 6.38. The normalized spacial score (nSPS) is 11.7. The molecule has 1 atom stereocenters. The minimum Gasteiger partial charge on any atom is -0.384 e. The number of aliphatic hydroxyl groups excluding tert-OH is 1. The van der Waals surface area contributed by atoms with Crippen LogP contribution in [0.1, 0.15) is 24.2 Å². The zero-order valence-electron chi connectivity index (χ0n) is 11.3. The molecular formula is C17H17NO2. The summed E-state index contributed by atoms with van der Waals surface area (Å²) >= 11 is 0. The number of hydrogen-bond acceptors (Lipinski definition) is 2. The number of anilines is 1. The van der Waals surface area contributed by atoms with Crippen LogP contribution in [0, 0.1) is 0 Å². The zero-order valence-corrected chi connectivity index (χ0v) is 11.3. The zero-order chi connectivity index (χ0) is 14.5. The van der Waals surface area contributed by atoms with E-state index < -0.39 is 6.10 Å². The van der Waals surface area contributed by atoms with Crippen molar-refractivity contribution in [2.45, 2.75) is 13.0 Å². The Morgan fingerprint density at radius 2 is 1.75 bits per heavy atom. The van der Waals surface area contributed by atoms with E-state index in [1.54, 1.807) is 25.1 Å². The third-order valence-corrected chi connectivity index (χ3v) is 2.96. The van der Waals surface area contributed by atoms with Gasteiger partial charge in [0.2, 0.25) is 0 Å². The van der Waals surface area contributed by atoms with Gasteiger partial charge in [-0.25, -0.2) is 0 Å². The van der Waals surface area contributed by atoms with Gasteiger partial charge in [-0.3, -0.25) is 4.79 Å². The molecule has 102 valence electrons. The molecule has 0 aliphatic carbocycles. The molecular weight excluding hydrogens is 250 g/mol. The third-order valence-electron chi connectivity index (χ3n) is 2.96. The molecule has 0 fully saturated rings. The first kappa shape index (κ1) is 14.0. The highest BCUT2D eigenvalue weighted by molar-refractivity contribution is 6.02. The second-order valence-electron chi connectivity index (χ2n) is 4.67. The van der Waals surface area contributed by atoms with Gasteiger partial charge in [0, 0.05) is 11.3 Å². The summed E-state index contributed by atoms with van der Waals surface area (Å²) in [6, 6.07) is 16.6. The highest BCUT2D eigenvalue weighted by atomic mass is 16.3. The van der Waals surface area contributed by atoms with Crippen LogP contribution >= 0.6 is 0 Å². The Balaban J connectivity index is 2.22. The average molecular weight is 267 g/mol. The Bertz CT molecular complexity index is 620.